The van der Waals surface area contributed by atoms with Crippen LogP contribution in [-0.4, -0.2) is 0 Å². The Bertz CT molecular complexity index is 422. The maximum absolute atomic E-state index is 5.92. The van der Waals surface area contributed by atoms with E-state index < -0.39 is 0 Å². The van der Waals surface area contributed by atoms with Crippen molar-refractivity contribution in [1.29, 1.82) is 0 Å². The molecule has 22 heavy (non-hydrogen) atoms. The molecule has 1 aromatic rings. The number of rotatable bonds is 3. The summed E-state index contributed by atoms with van der Waals surface area (Å²) >= 11 is 0. The lowest BCUT2D eigenvalue weighted by Crippen LogP contribution is -2.25. The van der Waals surface area contributed by atoms with Crippen LogP contribution in [0.3, 0.4) is 0 Å². The molecular weight excluding hydrogens is 266 g/mol. The van der Waals surface area contributed by atoms with Crippen LogP contribution in [0.15, 0.2) is 24.3 Å². The summed E-state index contributed by atoms with van der Waals surface area (Å²) in [7, 11) is 0. The Kier molecular flexibility index (Phi) is 5.81. The summed E-state index contributed by atoms with van der Waals surface area (Å²) in [5, 5.41) is 0. The van der Waals surface area contributed by atoms with Crippen LogP contribution in [0, 0.1) is 17.8 Å². The molecule has 0 aromatic heterocycles. The van der Waals surface area contributed by atoms with E-state index in [4.69, 9.17) is 5.73 Å². The Hall–Kier alpha value is -0.980. The molecule has 0 heterocycles. The molecule has 2 fully saturated rings. The standard InChI is InChI=1S/C21H32N/c22-20-15-13-19(14-16-20)21(18-11-7-4-8-12-18)17-9-5-2-1-3-6-10-17/h13-18H,1-12,22H2. The molecule has 1 heteroatoms. The van der Waals surface area contributed by atoms with E-state index in [-0.39, 0.29) is 0 Å². The predicted octanol–water partition coefficient (Wildman–Crippen LogP) is 6.13. The SMILES string of the molecule is Nc1ccc([C](C2CCCCCCC2)C2CCCCC2)cc1. The molecule has 121 valence electrons. The van der Waals surface area contributed by atoms with E-state index in [1.54, 1.807) is 5.92 Å². The molecule has 0 spiro atoms. The third-order valence-corrected chi connectivity index (χ3v) is 5.83. The van der Waals surface area contributed by atoms with Gasteiger partial charge in [-0.2, -0.15) is 0 Å². The highest BCUT2D eigenvalue weighted by atomic mass is 14.5. The molecule has 0 unspecified atom stereocenters. The monoisotopic (exact) mass is 298 g/mol. The molecule has 2 aliphatic carbocycles. The molecule has 0 saturated heterocycles. The first kappa shape index (κ1) is 15.9. The van der Waals surface area contributed by atoms with Gasteiger partial charge in [0, 0.05) is 11.6 Å². The molecule has 2 aliphatic rings. The number of benzene rings is 1. The second-order valence-electron chi connectivity index (χ2n) is 7.45. The van der Waals surface area contributed by atoms with Gasteiger partial charge in [-0.05, 0) is 55.2 Å². The van der Waals surface area contributed by atoms with Crippen molar-refractivity contribution < 1.29 is 0 Å². The molecule has 0 bridgehead atoms. The summed E-state index contributed by atoms with van der Waals surface area (Å²) in [5.41, 5.74) is 8.31. The van der Waals surface area contributed by atoms with Crippen LogP contribution in [0.4, 0.5) is 5.69 Å². The molecule has 0 aliphatic heterocycles. The van der Waals surface area contributed by atoms with E-state index >= 15 is 0 Å². The fourth-order valence-corrected chi connectivity index (χ4v) is 4.66. The fraction of sp³-hybridized carbons (Fsp3) is 0.667. The molecule has 3 rings (SSSR count). The van der Waals surface area contributed by atoms with Crippen LogP contribution in [0.2, 0.25) is 0 Å². The number of nitrogen functional groups attached to an aromatic ring is 1. The van der Waals surface area contributed by atoms with E-state index in [0.29, 0.717) is 0 Å². The summed E-state index contributed by atoms with van der Waals surface area (Å²) in [6.45, 7) is 0. The van der Waals surface area contributed by atoms with E-state index in [9.17, 15) is 0 Å². The Balaban J connectivity index is 1.81. The van der Waals surface area contributed by atoms with Crippen LogP contribution in [0.25, 0.3) is 0 Å². The third kappa shape index (κ3) is 4.06. The molecule has 1 radical (unpaired) electrons. The maximum Gasteiger partial charge on any atom is 0.0314 e. The Morgan fingerprint density at radius 1 is 0.636 bits per heavy atom. The van der Waals surface area contributed by atoms with Crippen molar-refractivity contribution in [3.8, 4) is 0 Å². The normalized spacial score (nSPS) is 22.4. The van der Waals surface area contributed by atoms with Crippen molar-refractivity contribution in [3.05, 3.63) is 35.7 Å². The fourth-order valence-electron chi connectivity index (χ4n) is 4.66. The van der Waals surface area contributed by atoms with Gasteiger partial charge >= 0.3 is 0 Å². The van der Waals surface area contributed by atoms with E-state index in [0.717, 1.165) is 17.5 Å². The van der Waals surface area contributed by atoms with Crippen LogP contribution in [-0.2, 0) is 0 Å². The van der Waals surface area contributed by atoms with E-state index in [1.807, 2.05) is 0 Å². The van der Waals surface area contributed by atoms with Gasteiger partial charge in [-0.3, -0.25) is 0 Å². The topological polar surface area (TPSA) is 26.0 Å². The minimum Gasteiger partial charge on any atom is -0.399 e. The largest absolute Gasteiger partial charge is 0.399 e. The summed E-state index contributed by atoms with van der Waals surface area (Å²) in [6, 6.07) is 8.78. The zero-order valence-corrected chi connectivity index (χ0v) is 14.0. The van der Waals surface area contributed by atoms with Crippen molar-refractivity contribution in [1.82, 2.24) is 0 Å². The van der Waals surface area contributed by atoms with Crippen LogP contribution >= 0.6 is 0 Å². The highest BCUT2D eigenvalue weighted by Gasteiger charge is 2.32. The van der Waals surface area contributed by atoms with Crippen molar-refractivity contribution in [3.63, 3.8) is 0 Å². The minimum atomic E-state index is 0.826. The van der Waals surface area contributed by atoms with Crippen LogP contribution < -0.4 is 5.73 Å². The first-order valence-corrected chi connectivity index (χ1v) is 9.57. The second kappa shape index (κ2) is 8.04. The molecule has 2 N–H and O–H groups in total. The number of hydrogen-bond donors (Lipinski definition) is 1. The van der Waals surface area contributed by atoms with Gasteiger partial charge in [0.1, 0.15) is 0 Å². The highest BCUT2D eigenvalue weighted by molar-refractivity contribution is 5.44. The van der Waals surface area contributed by atoms with Gasteiger partial charge in [-0.1, -0.05) is 63.5 Å². The van der Waals surface area contributed by atoms with Gasteiger partial charge in [0.15, 0.2) is 0 Å². The van der Waals surface area contributed by atoms with Gasteiger partial charge in [-0.25, -0.2) is 0 Å². The van der Waals surface area contributed by atoms with Gasteiger partial charge in [0.05, 0.1) is 0 Å². The summed E-state index contributed by atoms with van der Waals surface area (Å²) in [4.78, 5) is 0. The molecule has 2 saturated carbocycles. The average Bonchev–Trinajstić information content (AvgIpc) is 2.52. The number of anilines is 1. The predicted molar refractivity (Wildman–Crippen MR) is 95.6 cm³/mol. The summed E-state index contributed by atoms with van der Waals surface area (Å²) in [6.07, 6.45) is 17.1. The lowest BCUT2D eigenvalue weighted by Gasteiger charge is -2.37. The molecule has 0 amide bonds. The lowest BCUT2D eigenvalue weighted by atomic mass is 9.68. The maximum atomic E-state index is 5.92. The lowest BCUT2D eigenvalue weighted by molar-refractivity contribution is 0.299. The first-order chi connectivity index (χ1) is 10.8. The first-order valence-electron chi connectivity index (χ1n) is 9.57. The quantitative estimate of drug-likeness (QED) is 0.667. The molecular formula is C21H32N. The van der Waals surface area contributed by atoms with Crippen molar-refractivity contribution >= 4 is 5.69 Å². The molecule has 0 atom stereocenters. The Morgan fingerprint density at radius 2 is 1.05 bits per heavy atom. The Morgan fingerprint density at radius 3 is 1.55 bits per heavy atom. The summed E-state index contributed by atoms with van der Waals surface area (Å²) < 4.78 is 0. The Labute approximate surface area is 136 Å². The van der Waals surface area contributed by atoms with E-state index in [2.05, 4.69) is 24.3 Å². The van der Waals surface area contributed by atoms with Crippen molar-refractivity contribution in [2.24, 2.45) is 11.8 Å². The van der Waals surface area contributed by atoms with Crippen LogP contribution in [0.1, 0.15) is 82.6 Å². The molecule has 1 nitrogen and oxygen atoms in total. The number of hydrogen-bond acceptors (Lipinski definition) is 1. The second-order valence-corrected chi connectivity index (χ2v) is 7.45. The zero-order valence-electron chi connectivity index (χ0n) is 14.0. The highest BCUT2D eigenvalue weighted by Crippen LogP contribution is 2.44. The van der Waals surface area contributed by atoms with Crippen molar-refractivity contribution in [2.75, 3.05) is 5.73 Å². The van der Waals surface area contributed by atoms with Gasteiger partial charge in [0.25, 0.3) is 0 Å². The van der Waals surface area contributed by atoms with Gasteiger partial charge in [-0.15, -0.1) is 0 Å². The molecule has 1 aromatic carbocycles. The van der Waals surface area contributed by atoms with Gasteiger partial charge in [0.2, 0.25) is 0 Å². The summed E-state index contributed by atoms with van der Waals surface area (Å²) in [5.74, 6) is 3.45. The zero-order chi connectivity index (χ0) is 15.2. The van der Waals surface area contributed by atoms with E-state index in [1.165, 1.54) is 82.6 Å². The third-order valence-electron chi connectivity index (χ3n) is 5.83. The van der Waals surface area contributed by atoms with Gasteiger partial charge < -0.3 is 5.73 Å². The minimum absolute atomic E-state index is 0.826. The average molecular weight is 298 g/mol. The smallest absolute Gasteiger partial charge is 0.0314 e. The number of nitrogens with two attached hydrogens (primary N) is 1. The van der Waals surface area contributed by atoms with Crippen LogP contribution in [0.5, 0.6) is 0 Å². The van der Waals surface area contributed by atoms with Crippen molar-refractivity contribution in [2.45, 2.75) is 77.0 Å².